The number of hydrogen-bond donors (Lipinski definition) is 1. The number of anilines is 1. The molecule has 2 rings (SSSR count). The summed E-state index contributed by atoms with van der Waals surface area (Å²) < 4.78 is 12.2. The van der Waals surface area contributed by atoms with Gasteiger partial charge in [-0.3, -0.25) is 4.21 Å². The molecule has 18 heavy (non-hydrogen) atoms. The Labute approximate surface area is 114 Å². The average molecular weight is 280 g/mol. The predicted molar refractivity (Wildman–Crippen MR) is 77.2 cm³/mol. The van der Waals surface area contributed by atoms with Crippen LogP contribution in [0.25, 0.3) is 0 Å². The second-order valence-electron chi connectivity index (χ2n) is 4.15. The van der Waals surface area contributed by atoms with E-state index in [0.717, 1.165) is 16.0 Å². The van der Waals surface area contributed by atoms with Crippen LogP contribution in [-0.2, 0) is 16.6 Å². The molecule has 2 nitrogen and oxygen atoms in total. The lowest BCUT2D eigenvalue weighted by Gasteiger charge is -2.06. The fraction of sp³-hybridized carbons (Fsp3) is 0.143. The van der Waals surface area contributed by atoms with E-state index < -0.39 is 10.8 Å². The minimum Gasteiger partial charge on any atom is -0.399 e. The fourth-order valence-electron chi connectivity index (χ4n) is 1.61. The standard InChI is InChI=1S/C14H14ClNOS/c1-10-2-3-11(14(15)8-10)9-18(17)13-6-4-12(16)5-7-13/h2-8H,9,16H2,1H3. The van der Waals surface area contributed by atoms with Crippen molar-refractivity contribution in [2.45, 2.75) is 17.6 Å². The zero-order chi connectivity index (χ0) is 13.1. The molecule has 0 spiro atoms. The Morgan fingerprint density at radius 1 is 1.17 bits per heavy atom. The number of rotatable bonds is 3. The zero-order valence-electron chi connectivity index (χ0n) is 10.0. The highest BCUT2D eigenvalue weighted by molar-refractivity contribution is 7.84. The SMILES string of the molecule is Cc1ccc(CS(=O)c2ccc(N)cc2)c(Cl)c1. The Bertz CT molecular complexity index is 581. The maximum absolute atomic E-state index is 12.2. The van der Waals surface area contributed by atoms with Crippen LogP contribution >= 0.6 is 11.6 Å². The smallest absolute Gasteiger partial charge is 0.0574 e. The lowest BCUT2D eigenvalue weighted by atomic mass is 10.2. The van der Waals surface area contributed by atoms with Crippen LogP contribution in [0.5, 0.6) is 0 Å². The van der Waals surface area contributed by atoms with Crippen LogP contribution in [0.1, 0.15) is 11.1 Å². The summed E-state index contributed by atoms with van der Waals surface area (Å²) in [6.45, 7) is 1.98. The largest absolute Gasteiger partial charge is 0.399 e. The van der Waals surface area contributed by atoms with Gasteiger partial charge in [-0.25, -0.2) is 0 Å². The topological polar surface area (TPSA) is 43.1 Å². The van der Waals surface area contributed by atoms with Gasteiger partial charge in [0.15, 0.2) is 0 Å². The van der Waals surface area contributed by atoms with E-state index in [2.05, 4.69) is 0 Å². The van der Waals surface area contributed by atoms with Crippen molar-refractivity contribution in [1.82, 2.24) is 0 Å². The number of benzene rings is 2. The maximum atomic E-state index is 12.2. The van der Waals surface area contributed by atoms with E-state index in [-0.39, 0.29) is 0 Å². The van der Waals surface area contributed by atoms with Gasteiger partial charge in [0, 0.05) is 15.6 Å². The minimum absolute atomic E-state index is 0.420. The molecule has 0 aliphatic heterocycles. The molecule has 0 bridgehead atoms. The molecule has 0 amide bonds. The van der Waals surface area contributed by atoms with Crippen molar-refractivity contribution >= 4 is 28.1 Å². The third-order valence-corrected chi connectivity index (χ3v) is 4.36. The molecule has 0 aromatic heterocycles. The van der Waals surface area contributed by atoms with Crippen LogP contribution < -0.4 is 5.73 Å². The molecule has 0 saturated carbocycles. The number of nitrogen functional groups attached to an aromatic ring is 1. The van der Waals surface area contributed by atoms with E-state index in [0.29, 0.717) is 16.5 Å². The van der Waals surface area contributed by atoms with Crippen molar-refractivity contribution in [3.63, 3.8) is 0 Å². The molecule has 0 fully saturated rings. The van der Waals surface area contributed by atoms with Gasteiger partial charge in [-0.15, -0.1) is 0 Å². The van der Waals surface area contributed by atoms with Crippen molar-refractivity contribution in [2.75, 3.05) is 5.73 Å². The van der Waals surface area contributed by atoms with Gasteiger partial charge < -0.3 is 5.73 Å². The van der Waals surface area contributed by atoms with E-state index in [1.807, 2.05) is 25.1 Å². The molecule has 0 radical (unpaired) electrons. The lowest BCUT2D eigenvalue weighted by molar-refractivity contribution is 0.682. The van der Waals surface area contributed by atoms with Gasteiger partial charge in [0.1, 0.15) is 0 Å². The Morgan fingerprint density at radius 2 is 1.83 bits per heavy atom. The zero-order valence-corrected chi connectivity index (χ0v) is 11.6. The van der Waals surface area contributed by atoms with Crippen molar-refractivity contribution in [1.29, 1.82) is 0 Å². The first-order valence-corrected chi connectivity index (χ1v) is 7.25. The molecule has 2 N–H and O–H groups in total. The van der Waals surface area contributed by atoms with Crippen molar-refractivity contribution in [2.24, 2.45) is 0 Å². The first kappa shape index (κ1) is 13.1. The summed E-state index contributed by atoms with van der Waals surface area (Å²) in [5.74, 6) is 0.420. The Kier molecular flexibility index (Phi) is 4.04. The highest BCUT2D eigenvalue weighted by Crippen LogP contribution is 2.21. The number of hydrogen-bond acceptors (Lipinski definition) is 2. The average Bonchev–Trinajstić information content (AvgIpc) is 2.33. The van der Waals surface area contributed by atoms with Crippen molar-refractivity contribution in [3.8, 4) is 0 Å². The Balaban J connectivity index is 2.18. The molecule has 2 aromatic rings. The molecule has 0 aliphatic carbocycles. The predicted octanol–water partition coefficient (Wildman–Crippen LogP) is 3.54. The summed E-state index contributed by atoms with van der Waals surface area (Å²) in [5, 5.41) is 0.666. The van der Waals surface area contributed by atoms with Gasteiger partial charge in [0.05, 0.1) is 16.6 Å². The van der Waals surface area contributed by atoms with Crippen LogP contribution in [0.15, 0.2) is 47.4 Å². The molecule has 94 valence electrons. The van der Waals surface area contributed by atoms with E-state index in [1.54, 1.807) is 24.3 Å². The van der Waals surface area contributed by atoms with Crippen molar-refractivity contribution in [3.05, 3.63) is 58.6 Å². The number of nitrogens with two attached hydrogens (primary N) is 1. The van der Waals surface area contributed by atoms with Crippen LogP contribution in [0.3, 0.4) is 0 Å². The van der Waals surface area contributed by atoms with Gasteiger partial charge >= 0.3 is 0 Å². The van der Waals surface area contributed by atoms with Crippen LogP contribution in [0.2, 0.25) is 5.02 Å². The Hall–Kier alpha value is -1.32. The molecular weight excluding hydrogens is 266 g/mol. The summed E-state index contributed by atoms with van der Waals surface area (Å²) in [5.41, 5.74) is 8.27. The van der Waals surface area contributed by atoms with Crippen LogP contribution in [-0.4, -0.2) is 4.21 Å². The lowest BCUT2D eigenvalue weighted by Crippen LogP contribution is -1.98. The first-order valence-electron chi connectivity index (χ1n) is 5.55. The summed E-state index contributed by atoms with van der Waals surface area (Å²) in [6.07, 6.45) is 0. The third-order valence-electron chi connectivity index (χ3n) is 2.64. The van der Waals surface area contributed by atoms with Crippen LogP contribution in [0.4, 0.5) is 5.69 Å². The van der Waals surface area contributed by atoms with E-state index in [9.17, 15) is 4.21 Å². The normalized spacial score (nSPS) is 12.3. The second-order valence-corrected chi connectivity index (χ2v) is 6.01. The second kappa shape index (κ2) is 5.55. The molecule has 1 unspecified atom stereocenters. The molecule has 4 heteroatoms. The highest BCUT2D eigenvalue weighted by atomic mass is 35.5. The molecule has 2 aromatic carbocycles. The van der Waals surface area contributed by atoms with Gasteiger partial charge in [-0.2, -0.15) is 0 Å². The maximum Gasteiger partial charge on any atom is 0.0574 e. The summed E-state index contributed by atoms with van der Waals surface area (Å²) in [4.78, 5) is 0.765. The minimum atomic E-state index is -1.10. The van der Waals surface area contributed by atoms with Gasteiger partial charge in [-0.05, 0) is 48.4 Å². The van der Waals surface area contributed by atoms with E-state index in [1.165, 1.54) is 0 Å². The molecule has 0 saturated heterocycles. The van der Waals surface area contributed by atoms with Gasteiger partial charge in [0.2, 0.25) is 0 Å². The summed E-state index contributed by atoms with van der Waals surface area (Å²) >= 11 is 6.13. The number of halogens is 1. The number of aryl methyl sites for hydroxylation is 1. The van der Waals surface area contributed by atoms with Gasteiger partial charge in [-0.1, -0.05) is 23.7 Å². The monoisotopic (exact) mass is 279 g/mol. The quantitative estimate of drug-likeness (QED) is 0.874. The Morgan fingerprint density at radius 3 is 2.44 bits per heavy atom. The van der Waals surface area contributed by atoms with E-state index in [4.69, 9.17) is 17.3 Å². The highest BCUT2D eigenvalue weighted by Gasteiger charge is 2.08. The fourth-order valence-corrected chi connectivity index (χ4v) is 3.14. The molecule has 0 heterocycles. The molecular formula is C14H14ClNOS. The van der Waals surface area contributed by atoms with Gasteiger partial charge in [0.25, 0.3) is 0 Å². The van der Waals surface area contributed by atoms with E-state index >= 15 is 0 Å². The third kappa shape index (κ3) is 3.12. The summed E-state index contributed by atoms with van der Waals surface area (Å²) in [7, 11) is -1.10. The molecule has 0 aliphatic rings. The van der Waals surface area contributed by atoms with Crippen molar-refractivity contribution < 1.29 is 4.21 Å². The first-order chi connectivity index (χ1) is 8.56. The molecule has 1 atom stereocenters. The summed E-state index contributed by atoms with van der Waals surface area (Å²) in [6, 6.07) is 12.9. The van der Waals surface area contributed by atoms with Crippen LogP contribution in [0, 0.1) is 6.92 Å².